The van der Waals surface area contributed by atoms with Gasteiger partial charge in [-0.05, 0) is 68.0 Å². The van der Waals surface area contributed by atoms with Crippen molar-refractivity contribution in [3.8, 4) is 0 Å². The Bertz CT molecular complexity index is 894. The zero-order valence-corrected chi connectivity index (χ0v) is 18.9. The zero-order valence-electron chi connectivity index (χ0n) is 17.3. The minimum atomic E-state index is -1.11. The maximum atomic E-state index is 14.3. The van der Waals surface area contributed by atoms with Crippen molar-refractivity contribution >= 4 is 27.7 Å². The van der Waals surface area contributed by atoms with Gasteiger partial charge < -0.3 is 16.0 Å². The Balaban J connectivity index is 1.32. The molecule has 31 heavy (non-hydrogen) atoms. The van der Waals surface area contributed by atoms with Gasteiger partial charge in [-0.15, -0.1) is 0 Å². The van der Waals surface area contributed by atoms with E-state index in [0.717, 1.165) is 25.7 Å². The molecule has 1 aromatic carbocycles. The van der Waals surface area contributed by atoms with Gasteiger partial charge in [-0.2, -0.15) is 0 Å². The number of hydrogen-bond acceptors (Lipinski definition) is 3. The van der Waals surface area contributed by atoms with Gasteiger partial charge >= 0.3 is 0 Å². The lowest BCUT2D eigenvalue weighted by atomic mass is 9.78. The Hall–Kier alpha value is -1.54. The fraction of sp³-hybridized carbons (Fsp3) is 0.652. The van der Waals surface area contributed by atoms with Gasteiger partial charge in [0.15, 0.2) is 0 Å². The average Bonchev–Trinajstić information content (AvgIpc) is 3.41. The number of hydrogen-bond donors (Lipinski definition) is 3. The summed E-state index contributed by atoms with van der Waals surface area (Å²) in [6.07, 6.45) is 3.49. The molecule has 3 aliphatic carbocycles. The van der Waals surface area contributed by atoms with E-state index in [-0.39, 0.29) is 48.0 Å². The largest absolute Gasteiger partial charge is 0.352 e. The van der Waals surface area contributed by atoms with E-state index in [0.29, 0.717) is 23.0 Å². The minimum Gasteiger partial charge on any atom is -0.352 e. The van der Waals surface area contributed by atoms with Crippen molar-refractivity contribution in [2.45, 2.75) is 50.9 Å². The molecule has 3 N–H and O–H groups in total. The van der Waals surface area contributed by atoms with E-state index in [1.165, 1.54) is 6.07 Å². The fourth-order valence-corrected chi connectivity index (χ4v) is 6.92. The van der Waals surface area contributed by atoms with E-state index in [1.54, 1.807) is 12.1 Å². The summed E-state index contributed by atoms with van der Waals surface area (Å²) in [5.41, 5.74) is 0.521. The second-order valence-corrected chi connectivity index (χ2v) is 10.6. The first-order valence-corrected chi connectivity index (χ1v) is 12.1. The van der Waals surface area contributed by atoms with E-state index in [4.69, 9.17) is 0 Å². The number of halogens is 3. The Labute approximate surface area is 189 Å². The number of carbonyl (C=O) groups excluding carboxylic acids is 2. The molecule has 6 atom stereocenters. The number of alkyl halides is 1. The van der Waals surface area contributed by atoms with Crippen LogP contribution in [0.25, 0.3) is 0 Å². The van der Waals surface area contributed by atoms with E-state index >= 15 is 0 Å². The maximum absolute atomic E-state index is 14.3. The van der Waals surface area contributed by atoms with Gasteiger partial charge in [-0.3, -0.25) is 9.59 Å². The van der Waals surface area contributed by atoms with E-state index in [1.807, 2.05) is 0 Å². The normalized spacial score (nSPS) is 35.2. The van der Waals surface area contributed by atoms with E-state index in [9.17, 15) is 18.4 Å². The Morgan fingerprint density at radius 1 is 1.13 bits per heavy atom. The Morgan fingerprint density at radius 3 is 2.48 bits per heavy atom. The predicted molar refractivity (Wildman–Crippen MR) is 115 cm³/mol. The molecule has 0 aromatic heterocycles. The van der Waals surface area contributed by atoms with Gasteiger partial charge in [0.25, 0.3) is 0 Å². The van der Waals surface area contributed by atoms with Crippen LogP contribution in [0.1, 0.15) is 37.7 Å². The van der Waals surface area contributed by atoms with Gasteiger partial charge in [0, 0.05) is 23.1 Å². The molecule has 8 heteroatoms. The Kier molecular flexibility index (Phi) is 5.57. The number of rotatable bonds is 5. The summed E-state index contributed by atoms with van der Waals surface area (Å²) in [7, 11) is 0. The Morgan fingerprint density at radius 2 is 1.84 bits per heavy atom. The highest BCUT2D eigenvalue weighted by molar-refractivity contribution is 9.10. The van der Waals surface area contributed by atoms with Crippen molar-refractivity contribution in [1.82, 2.24) is 16.0 Å². The molecule has 1 aliphatic heterocycles. The van der Waals surface area contributed by atoms with Gasteiger partial charge in [0.2, 0.25) is 11.8 Å². The lowest BCUT2D eigenvalue weighted by Gasteiger charge is -2.33. The lowest BCUT2D eigenvalue weighted by molar-refractivity contribution is -0.138. The number of amides is 2. The molecule has 1 heterocycles. The maximum Gasteiger partial charge on any atom is 0.224 e. The third-order valence-electron chi connectivity index (χ3n) is 8.16. The molecular formula is C23H28BrF2N3O2. The summed E-state index contributed by atoms with van der Waals surface area (Å²) in [4.78, 5) is 26.6. The molecule has 1 spiro atoms. The first-order chi connectivity index (χ1) is 14.9. The molecule has 168 valence electrons. The van der Waals surface area contributed by atoms with Crippen molar-refractivity contribution in [2.24, 2.45) is 29.1 Å². The van der Waals surface area contributed by atoms with Crippen LogP contribution in [0.2, 0.25) is 0 Å². The molecule has 0 radical (unpaired) electrons. The van der Waals surface area contributed by atoms with E-state index < -0.39 is 24.0 Å². The number of piperidine rings is 1. The summed E-state index contributed by atoms with van der Waals surface area (Å²) in [5, 5.41) is 8.83. The van der Waals surface area contributed by atoms with Gasteiger partial charge in [0.1, 0.15) is 12.0 Å². The summed E-state index contributed by atoms with van der Waals surface area (Å²) in [6.45, 7) is 1.01. The van der Waals surface area contributed by atoms with Crippen molar-refractivity contribution in [3.05, 3.63) is 34.1 Å². The second-order valence-electron chi connectivity index (χ2n) is 9.65. The smallest absolute Gasteiger partial charge is 0.224 e. The van der Waals surface area contributed by atoms with Crippen LogP contribution in [0.3, 0.4) is 0 Å². The topological polar surface area (TPSA) is 70.2 Å². The average molecular weight is 496 g/mol. The highest BCUT2D eigenvalue weighted by atomic mass is 79.9. The molecule has 3 saturated carbocycles. The summed E-state index contributed by atoms with van der Waals surface area (Å²) >= 11 is 3.24. The minimum absolute atomic E-state index is 0.0913. The summed E-state index contributed by atoms with van der Waals surface area (Å²) in [6, 6.07) is 4.26. The molecule has 5 nitrogen and oxygen atoms in total. The molecule has 4 aliphatic rings. The van der Waals surface area contributed by atoms with Crippen LogP contribution in [0.5, 0.6) is 0 Å². The van der Waals surface area contributed by atoms with Crippen molar-refractivity contribution in [2.75, 3.05) is 13.1 Å². The monoisotopic (exact) mass is 495 g/mol. The molecule has 2 unspecified atom stereocenters. The van der Waals surface area contributed by atoms with Gasteiger partial charge in [-0.25, -0.2) is 8.78 Å². The van der Waals surface area contributed by atoms with Crippen LogP contribution in [0.15, 0.2) is 22.7 Å². The van der Waals surface area contributed by atoms with Crippen LogP contribution in [-0.4, -0.2) is 37.1 Å². The third-order valence-corrected chi connectivity index (χ3v) is 8.65. The standard InChI is InChI=1S/C23H28BrF2N3O2/c24-13-2-1-12(16(25)9-13)10-28-21(30)19-14-3-4-15(23(14)6-7-23)20(19)22(31)29-18-5-8-27-11-17(18)26/h1-2,9,14-15,17-20,27H,3-8,10-11H2,(H,28,30)(H,29,31)/t14-,15+,17?,18?,19+,20+/m0/s1. The van der Waals surface area contributed by atoms with Gasteiger partial charge in [-0.1, -0.05) is 22.0 Å². The van der Waals surface area contributed by atoms with Crippen molar-refractivity contribution in [3.63, 3.8) is 0 Å². The molecule has 2 amide bonds. The van der Waals surface area contributed by atoms with Crippen LogP contribution >= 0.6 is 15.9 Å². The van der Waals surface area contributed by atoms with Crippen LogP contribution in [-0.2, 0) is 16.1 Å². The number of nitrogens with one attached hydrogen (secondary N) is 3. The van der Waals surface area contributed by atoms with Crippen molar-refractivity contribution in [1.29, 1.82) is 0 Å². The van der Waals surface area contributed by atoms with Gasteiger partial charge in [0.05, 0.1) is 17.9 Å². The quantitative estimate of drug-likeness (QED) is 0.587. The molecule has 5 rings (SSSR count). The lowest BCUT2D eigenvalue weighted by Crippen LogP contribution is -2.54. The third kappa shape index (κ3) is 3.69. The van der Waals surface area contributed by atoms with Crippen LogP contribution in [0.4, 0.5) is 8.78 Å². The molecule has 2 bridgehead atoms. The highest BCUT2D eigenvalue weighted by Gasteiger charge is 2.71. The predicted octanol–water partition coefficient (Wildman–Crippen LogP) is 3.07. The summed E-state index contributed by atoms with van der Waals surface area (Å²) in [5.74, 6) is -1.19. The SMILES string of the molecule is O=C(NC1CCNCC1F)[C@H]1[C@H](C(=O)NCc2ccc(Br)cc2F)[C@@H]2CC[C@H]1C21CC1. The molecule has 1 saturated heterocycles. The first kappa shape index (κ1) is 21.3. The fourth-order valence-electron chi connectivity index (χ4n) is 6.59. The zero-order chi connectivity index (χ0) is 21.8. The number of benzene rings is 1. The van der Waals surface area contributed by atoms with Crippen molar-refractivity contribution < 1.29 is 18.4 Å². The van der Waals surface area contributed by atoms with E-state index in [2.05, 4.69) is 31.9 Å². The molecule has 1 aromatic rings. The second kappa shape index (κ2) is 8.10. The summed E-state index contributed by atoms with van der Waals surface area (Å²) < 4.78 is 29.1. The number of carbonyl (C=O) groups is 2. The molecule has 4 fully saturated rings. The highest BCUT2D eigenvalue weighted by Crippen LogP contribution is 2.74. The first-order valence-electron chi connectivity index (χ1n) is 11.3. The van der Waals surface area contributed by atoms with Crippen LogP contribution < -0.4 is 16.0 Å². The van der Waals surface area contributed by atoms with Crippen LogP contribution in [0, 0.1) is 34.9 Å². The molecular weight excluding hydrogens is 468 g/mol.